The lowest BCUT2D eigenvalue weighted by molar-refractivity contribution is 0.431. The zero-order valence-corrected chi connectivity index (χ0v) is 10.6. The van der Waals surface area contributed by atoms with Crippen molar-refractivity contribution in [1.29, 1.82) is 0 Å². The molecule has 0 amide bonds. The summed E-state index contributed by atoms with van der Waals surface area (Å²) in [6.07, 6.45) is 0. The van der Waals surface area contributed by atoms with Gasteiger partial charge in [0.1, 0.15) is 0 Å². The molecule has 0 saturated heterocycles. The van der Waals surface area contributed by atoms with E-state index in [1.54, 1.807) is 24.3 Å². The van der Waals surface area contributed by atoms with Crippen LogP contribution in [-0.2, 0) is 23.1 Å². The summed E-state index contributed by atoms with van der Waals surface area (Å²) in [7, 11) is -3.37. The molecular formula is C14H13NO2S. The third-order valence-corrected chi connectivity index (χ3v) is 5.00. The number of rotatable bonds is 2. The van der Waals surface area contributed by atoms with Crippen LogP contribution in [0.1, 0.15) is 11.1 Å². The SMILES string of the molecule is O=S(=O)(c1ccccc1)N1Cc2ccccc2C1. The molecule has 3 nitrogen and oxygen atoms in total. The summed E-state index contributed by atoms with van der Waals surface area (Å²) < 4.78 is 26.4. The van der Waals surface area contributed by atoms with Crippen LogP contribution in [0.3, 0.4) is 0 Å². The van der Waals surface area contributed by atoms with Gasteiger partial charge in [-0.15, -0.1) is 0 Å². The van der Waals surface area contributed by atoms with Gasteiger partial charge >= 0.3 is 0 Å². The minimum atomic E-state index is -3.37. The highest BCUT2D eigenvalue weighted by atomic mass is 32.2. The van der Waals surface area contributed by atoms with Crippen molar-refractivity contribution >= 4 is 10.0 Å². The number of benzene rings is 2. The fourth-order valence-corrected chi connectivity index (χ4v) is 3.63. The highest BCUT2D eigenvalue weighted by Crippen LogP contribution is 2.28. The first-order valence-electron chi connectivity index (χ1n) is 5.80. The Balaban J connectivity index is 1.95. The van der Waals surface area contributed by atoms with E-state index >= 15 is 0 Å². The second kappa shape index (κ2) is 4.23. The Bertz CT molecular complexity index is 640. The van der Waals surface area contributed by atoms with Gasteiger partial charge in [-0.1, -0.05) is 42.5 Å². The fourth-order valence-electron chi connectivity index (χ4n) is 2.21. The van der Waals surface area contributed by atoms with Gasteiger partial charge in [0, 0.05) is 13.1 Å². The van der Waals surface area contributed by atoms with Gasteiger partial charge < -0.3 is 0 Å². The van der Waals surface area contributed by atoms with Crippen LogP contribution in [0, 0.1) is 0 Å². The highest BCUT2D eigenvalue weighted by molar-refractivity contribution is 7.89. The van der Waals surface area contributed by atoms with Gasteiger partial charge in [0.2, 0.25) is 10.0 Å². The predicted octanol–water partition coefficient (Wildman–Crippen LogP) is 2.39. The van der Waals surface area contributed by atoms with Crippen molar-refractivity contribution < 1.29 is 8.42 Å². The molecule has 1 aliphatic rings. The average Bonchev–Trinajstić information content (AvgIpc) is 2.84. The van der Waals surface area contributed by atoms with E-state index < -0.39 is 10.0 Å². The molecule has 92 valence electrons. The van der Waals surface area contributed by atoms with E-state index in [4.69, 9.17) is 0 Å². The summed E-state index contributed by atoms with van der Waals surface area (Å²) in [5.74, 6) is 0. The van der Waals surface area contributed by atoms with E-state index in [2.05, 4.69) is 0 Å². The van der Waals surface area contributed by atoms with Crippen molar-refractivity contribution in [3.63, 3.8) is 0 Å². The molecule has 0 bridgehead atoms. The molecule has 1 heterocycles. The average molecular weight is 259 g/mol. The first-order chi connectivity index (χ1) is 8.68. The van der Waals surface area contributed by atoms with Crippen LogP contribution in [-0.4, -0.2) is 12.7 Å². The zero-order chi connectivity index (χ0) is 12.6. The monoisotopic (exact) mass is 259 g/mol. The number of fused-ring (bicyclic) bond motifs is 1. The largest absolute Gasteiger partial charge is 0.243 e. The zero-order valence-electron chi connectivity index (χ0n) is 9.78. The lowest BCUT2D eigenvalue weighted by Gasteiger charge is -2.15. The Kier molecular flexibility index (Phi) is 2.69. The highest BCUT2D eigenvalue weighted by Gasteiger charge is 2.29. The molecule has 0 aliphatic carbocycles. The van der Waals surface area contributed by atoms with E-state index in [-0.39, 0.29) is 0 Å². The Morgan fingerprint density at radius 1 is 0.778 bits per heavy atom. The van der Waals surface area contributed by atoms with E-state index in [1.807, 2.05) is 30.3 Å². The lowest BCUT2D eigenvalue weighted by Crippen LogP contribution is -2.25. The summed E-state index contributed by atoms with van der Waals surface area (Å²) in [6, 6.07) is 16.4. The van der Waals surface area contributed by atoms with Crippen LogP contribution in [0.5, 0.6) is 0 Å². The standard InChI is InChI=1S/C14H13NO2S/c16-18(17,14-8-2-1-3-9-14)15-10-12-6-4-5-7-13(12)11-15/h1-9H,10-11H2. The van der Waals surface area contributed by atoms with Crippen LogP contribution in [0.25, 0.3) is 0 Å². The van der Waals surface area contributed by atoms with Crippen LogP contribution >= 0.6 is 0 Å². The molecule has 0 atom stereocenters. The second-order valence-electron chi connectivity index (χ2n) is 4.35. The van der Waals surface area contributed by atoms with Gasteiger partial charge in [0.05, 0.1) is 4.90 Å². The Morgan fingerprint density at radius 3 is 1.83 bits per heavy atom. The summed E-state index contributed by atoms with van der Waals surface area (Å²) in [4.78, 5) is 0.359. The van der Waals surface area contributed by atoms with Crippen LogP contribution in [0.4, 0.5) is 0 Å². The van der Waals surface area contributed by atoms with Crippen molar-refractivity contribution in [3.05, 3.63) is 65.7 Å². The summed E-state index contributed by atoms with van der Waals surface area (Å²) in [5, 5.41) is 0. The van der Waals surface area contributed by atoms with Crippen molar-refractivity contribution in [2.24, 2.45) is 0 Å². The van der Waals surface area contributed by atoms with E-state index in [0.717, 1.165) is 11.1 Å². The summed E-state index contributed by atoms with van der Waals surface area (Å²) in [6.45, 7) is 0.931. The van der Waals surface area contributed by atoms with E-state index in [1.165, 1.54) is 4.31 Å². The van der Waals surface area contributed by atoms with Gasteiger partial charge in [-0.25, -0.2) is 8.42 Å². The molecule has 2 aromatic carbocycles. The third kappa shape index (κ3) is 1.83. The van der Waals surface area contributed by atoms with Crippen molar-refractivity contribution in [2.45, 2.75) is 18.0 Å². The minimum Gasteiger partial charge on any atom is -0.207 e. The Labute approximate surface area is 107 Å². The van der Waals surface area contributed by atoms with E-state index in [9.17, 15) is 8.42 Å². The second-order valence-corrected chi connectivity index (χ2v) is 6.29. The predicted molar refractivity (Wildman–Crippen MR) is 69.3 cm³/mol. The number of nitrogens with zero attached hydrogens (tertiary/aromatic N) is 1. The number of hydrogen-bond donors (Lipinski definition) is 0. The summed E-state index contributed by atoms with van der Waals surface area (Å²) >= 11 is 0. The summed E-state index contributed by atoms with van der Waals surface area (Å²) in [5.41, 5.74) is 2.19. The first-order valence-corrected chi connectivity index (χ1v) is 7.24. The minimum absolute atomic E-state index is 0.359. The van der Waals surface area contributed by atoms with E-state index in [0.29, 0.717) is 18.0 Å². The Hall–Kier alpha value is -1.65. The molecular weight excluding hydrogens is 246 g/mol. The molecule has 0 saturated carbocycles. The quantitative estimate of drug-likeness (QED) is 0.830. The maximum Gasteiger partial charge on any atom is 0.243 e. The normalized spacial score (nSPS) is 15.6. The maximum atomic E-state index is 12.4. The molecule has 0 spiro atoms. The van der Waals surface area contributed by atoms with Gasteiger partial charge in [0.15, 0.2) is 0 Å². The van der Waals surface area contributed by atoms with Gasteiger partial charge in [-0.3, -0.25) is 0 Å². The molecule has 3 rings (SSSR count). The number of hydrogen-bond acceptors (Lipinski definition) is 2. The van der Waals surface area contributed by atoms with Crippen LogP contribution < -0.4 is 0 Å². The van der Waals surface area contributed by atoms with Gasteiger partial charge in [-0.2, -0.15) is 4.31 Å². The molecule has 4 heteroatoms. The molecule has 0 radical (unpaired) electrons. The Morgan fingerprint density at radius 2 is 1.28 bits per heavy atom. The molecule has 1 aliphatic heterocycles. The van der Waals surface area contributed by atoms with Gasteiger partial charge in [-0.05, 0) is 23.3 Å². The molecule has 0 aromatic heterocycles. The third-order valence-electron chi connectivity index (χ3n) is 3.19. The van der Waals surface area contributed by atoms with Crippen molar-refractivity contribution in [3.8, 4) is 0 Å². The molecule has 18 heavy (non-hydrogen) atoms. The van der Waals surface area contributed by atoms with Crippen molar-refractivity contribution in [2.75, 3.05) is 0 Å². The van der Waals surface area contributed by atoms with Gasteiger partial charge in [0.25, 0.3) is 0 Å². The van der Waals surface area contributed by atoms with Crippen LogP contribution in [0.15, 0.2) is 59.5 Å². The molecule has 0 unspecified atom stereocenters. The smallest absolute Gasteiger partial charge is 0.207 e. The van der Waals surface area contributed by atoms with Crippen LogP contribution in [0.2, 0.25) is 0 Å². The molecule has 0 N–H and O–H groups in total. The maximum absolute atomic E-state index is 12.4. The topological polar surface area (TPSA) is 37.4 Å². The lowest BCUT2D eigenvalue weighted by atomic mass is 10.1. The fraction of sp³-hybridized carbons (Fsp3) is 0.143. The number of sulfonamides is 1. The molecule has 2 aromatic rings. The molecule has 0 fully saturated rings. The first kappa shape index (κ1) is 11.4. The van der Waals surface area contributed by atoms with Crippen molar-refractivity contribution in [1.82, 2.24) is 4.31 Å².